The van der Waals surface area contributed by atoms with E-state index in [1.165, 1.54) is 12.1 Å². The highest BCUT2D eigenvalue weighted by atomic mass is 19.4. The predicted molar refractivity (Wildman–Crippen MR) is 108 cm³/mol. The van der Waals surface area contributed by atoms with Crippen LogP contribution in [0, 0.1) is 11.3 Å². The average molecular weight is 411 g/mol. The van der Waals surface area contributed by atoms with Gasteiger partial charge in [-0.05, 0) is 37.4 Å². The van der Waals surface area contributed by atoms with Gasteiger partial charge in [0.25, 0.3) is 0 Å². The molecule has 0 spiro atoms. The Kier molecular flexibility index (Phi) is 6.33. The van der Waals surface area contributed by atoms with Crippen LogP contribution in [-0.4, -0.2) is 29.0 Å². The Hall–Kier alpha value is -3.44. The van der Waals surface area contributed by atoms with E-state index in [-0.39, 0.29) is 17.1 Å². The molecule has 5 nitrogen and oxygen atoms in total. The maximum Gasteiger partial charge on any atom is 0.416 e. The molecule has 30 heavy (non-hydrogen) atoms. The van der Waals surface area contributed by atoms with Crippen LogP contribution in [0.4, 0.5) is 19.0 Å². The van der Waals surface area contributed by atoms with E-state index >= 15 is 0 Å². The highest BCUT2D eigenvalue weighted by molar-refractivity contribution is 5.64. The molecule has 0 unspecified atom stereocenters. The Labute approximate surface area is 172 Å². The number of alkyl halides is 3. The molecule has 8 heteroatoms. The van der Waals surface area contributed by atoms with Gasteiger partial charge < -0.3 is 10.2 Å². The van der Waals surface area contributed by atoms with Crippen LogP contribution >= 0.6 is 0 Å². The zero-order chi connectivity index (χ0) is 21.7. The first-order valence-corrected chi connectivity index (χ1v) is 9.18. The van der Waals surface area contributed by atoms with Gasteiger partial charge in [-0.3, -0.25) is 0 Å². The number of aromatic nitrogens is 2. The fourth-order valence-electron chi connectivity index (χ4n) is 3.00. The van der Waals surface area contributed by atoms with Gasteiger partial charge in [0.1, 0.15) is 11.9 Å². The van der Waals surface area contributed by atoms with Crippen LogP contribution in [0.2, 0.25) is 0 Å². The van der Waals surface area contributed by atoms with Crippen molar-refractivity contribution in [3.63, 3.8) is 0 Å². The minimum atomic E-state index is -4.46. The second-order valence-corrected chi connectivity index (χ2v) is 7.01. The van der Waals surface area contributed by atoms with Crippen molar-refractivity contribution in [2.45, 2.75) is 19.3 Å². The number of nitrogens with one attached hydrogen (secondary N) is 1. The Morgan fingerprint density at radius 3 is 2.40 bits per heavy atom. The van der Waals surface area contributed by atoms with Gasteiger partial charge in [0, 0.05) is 24.7 Å². The van der Waals surface area contributed by atoms with E-state index in [0.29, 0.717) is 12.4 Å². The molecular formula is C22H20F3N5. The number of anilines is 1. The van der Waals surface area contributed by atoms with Gasteiger partial charge in [0.05, 0.1) is 11.3 Å². The third-order valence-electron chi connectivity index (χ3n) is 4.38. The molecule has 1 aromatic heterocycles. The molecule has 0 aliphatic carbocycles. The van der Waals surface area contributed by atoms with Crippen LogP contribution in [-0.2, 0) is 19.3 Å². The number of benzene rings is 2. The average Bonchev–Trinajstić information content (AvgIpc) is 2.72. The van der Waals surface area contributed by atoms with Gasteiger partial charge >= 0.3 is 6.18 Å². The van der Waals surface area contributed by atoms with E-state index in [2.05, 4.69) is 20.2 Å². The van der Waals surface area contributed by atoms with Gasteiger partial charge in [-0.2, -0.15) is 18.4 Å². The maximum atomic E-state index is 13.0. The first kappa shape index (κ1) is 21.3. The minimum absolute atomic E-state index is 0.117. The molecule has 0 aliphatic rings. The van der Waals surface area contributed by atoms with Crippen LogP contribution in [0.15, 0.2) is 54.6 Å². The molecule has 0 fully saturated rings. The lowest BCUT2D eigenvalue weighted by atomic mass is 10.1. The van der Waals surface area contributed by atoms with Crippen LogP contribution in [0.5, 0.6) is 0 Å². The van der Waals surface area contributed by atoms with Crippen molar-refractivity contribution in [2.75, 3.05) is 19.4 Å². The van der Waals surface area contributed by atoms with Crippen LogP contribution in [0.25, 0.3) is 11.3 Å². The summed E-state index contributed by atoms with van der Waals surface area (Å²) >= 11 is 0. The molecule has 0 bridgehead atoms. The molecule has 3 aromatic rings. The smallest absolute Gasteiger partial charge is 0.366 e. The predicted octanol–water partition coefficient (Wildman–Crippen LogP) is 4.71. The molecule has 0 amide bonds. The second-order valence-electron chi connectivity index (χ2n) is 7.01. The van der Waals surface area contributed by atoms with Crippen LogP contribution in [0.3, 0.4) is 0 Å². The lowest BCUT2D eigenvalue weighted by molar-refractivity contribution is -0.137. The summed E-state index contributed by atoms with van der Waals surface area (Å²) in [6.45, 7) is 1.22. The molecule has 0 atom stereocenters. The van der Waals surface area contributed by atoms with Crippen molar-refractivity contribution in [1.29, 1.82) is 5.26 Å². The van der Waals surface area contributed by atoms with E-state index in [0.717, 1.165) is 29.8 Å². The van der Waals surface area contributed by atoms with Crippen LogP contribution < -0.4 is 5.32 Å². The molecule has 0 saturated heterocycles. The van der Waals surface area contributed by atoms with Gasteiger partial charge in [0.2, 0.25) is 5.82 Å². The van der Waals surface area contributed by atoms with Gasteiger partial charge in [0.15, 0.2) is 0 Å². The van der Waals surface area contributed by atoms with E-state index in [4.69, 9.17) is 0 Å². The maximum absolute atomic E-state index is 13.0. The molecule has 1 heterocycles. The lowest BCUT2D eigenvalue weighted by Crippen LogP contribution is -2.14. The summed E-state index contributed by atoms with van der Waals surface area (Å²) in [4.78, 5) is 10.3. The third kappa shape index (κ3) is 5.33. The number of nitriles is 1. The van der Waals surface area contributed by atoms with Gasteiger partial charge in [-0.1, -0.05) is 36.4 Å². The van der Waals surface area contributed by atoms with Crippen molar-refractivity contribution in [3.8, 4) is 17.3 Å². The summed E-state index contributed by atoms with van der Waals surface area (Å²) in [7, 11) is 3.96. The molecule has 0 radical (unpaired) electrons. The monoisotopic (exact) mass is 411 g/mol. The summed E-state index contributed by atoms with van der Waals surface area (Å²) in [6, 6.07) is 16.2. The zero-order valence-corrected chi connectivity index (χ0v) is 16.5. The lowest BCUT2D eigenvalue weighted by Gasteiger charge is -2.15. The molecule has 1 N–H and O–H groups in total. The highest BCUT2D eigenvalue weighted by Crippen LogP contribution is 2.32. The molecule has 154 valence electrons. The van der Waals surface area contributed by atoms with E-state index < -0.39 is 11.7 Å². The number of halogens is 3. The van der Waals surface area contributed by atoms with Crippen LogP contribution in [0.1, 0.15) is 22.5 Å². The Bertz CT molecular complexity index is 1070. The van der Waals surface area contributed by atoms with Crippen molar-refractivity contribution in [1.82, 2.24) is 14.9 Å². The highest BCUT2D eigenvalue weighted by Gasteiger charge is 2.30. The van der Waals surface area contributed by atoms with Gasteiger partial charge in [-0.25, -0.2) is 9.97 Å². The fraction of sp³-hybridized carbons (Fsp3) is 0.227. The normalized spacial score (nSPS) is 11.4. The second kappa shape index (κ2) is 8.93. The quantitative estimate of drug-likeness (QED) is 0.637. The number of hydrogen-bond donors (Lipinski definition) is 1. The van der Waals surface area contributed by atoms with Crippen molar-refractivity contribution < 1.29 is 13.2 Å². The van der Waals surface area contributed by atoms with Gasteiger partial charge in [-0.15, -0.1) is 0 Å². The largest absolute Gasteiger partial charge is 0.416 e. The SMILES string of the molecule is CN(C)Cc1ccccc1CNc1cc(-c2cccc(C(F)(F)F)c2)nc(C#N)n1. The molecule has 0 saturated carbocycles. The third-order valence-corrected chi connectivity index (χ3v) is 4.38. The standard InChI is InChI=1S/C22H20F3N5/c1-30(2)14-17-7-4-3-6-16(17)13-27-20-11-19(28-21(12-26)29-20)15-8-5-9-18(10-15)22(23,24)25/h3-11H,13-14H2,1-2H3,(H,27,28,29). The van der Waals surface area contributed by atoms with Crippen molar-refractivity contribution in [2.24, 2.45) is 0 Å². The first-order chi connectivity index (χ1) is 14.3. The van der Waals surface area contributed by atoms with E-state index in [1.54, 1.807) is 6.07 Å². The van der Waals surface area contributed by atoms with Crippen molar-refractivity contribution >= 4 is 5.82 Å². The summed E-state index contributed by atoms with van der Waals surface area (Å²) < 4.78 is 39.1. The molecule has 2 aromatic carbocycles. The summed E-state index contributed by atoms with van der Waals surface area (Å²) in [5, 5.41) is 12.4. The minimum Gasteiger partial charge on any atom is -0.366 e. The number of rotatable bonds is 6. The van der Waals surface area contributed by atoms with Crippen molar-refractivity contribution in [3.05, 3.63) is 77.1 Å². The zero-order valence-electron chi connectivity index (χ0n) is 16.5. The fourth-order valence-corrected chi connectivity index (χ4v) is 3.00. The number of nitrogens with zero attached hydrogens (tertiary/aromatic N) is 4. The Morgan fingerprint density at radius 2 is 1.73 bits per heavy atom. The Morgan fingerprint density at radius 1 is 1.00 bits per heavy atom. The van der Waals surface area contributed by atoms with E-state index in [1.807, 2.05) is 44.4 Å². The molecular weight excluding hydrogens is 391 g/mol. The first-order valence-electron chi connectivity index (χ1n) is 9.18. The Balaban J connectivity index is 1.89. The summed E-state index contributed by atoms with van der Waals surface area (Å²) in [5.74, 6) is 0.252. The topological polar surface area (TPSA) is 64.8 Å². The summed E-state index contributed by atoms with van der Waals surface area (Å²) in [5.41, 5.74) is 1.94. The molecule has 3 rings (SSSR count). The van der Waals surface area contributed by atoms with E-state index in [9.17, 15) is 18.4 Å². The molecule has 0 aliphatic heterocycles. The summed E-state index contributed by atoms with van der Waals surface area (Å²) in [6.07, 6.45) is -4.46. The number of hydrogen-bond acceptors (Lipinski definition) is 5.